The molecule has 114 valence electrons. The van der Waals surface area contributed by atoms with E-state index in [-0.39, 0.29) is 6.03 Å². The molecule has 0 heterocycles. The molecular weight excluding hydrogens is 248 g/mol. The van der Waals surface area contributed by atoms with E-state index in [0.717, 1.165) is 30.8 Å². The summed E-state index contributed by atoms with van der Waals surface area (Å²) in [5.74, 6) is 2.86. The van der Waals surface area contributed by atoms with Crippen LogP contribution in [0.3, 0.4) is 0 Å². The zero-order valence-electron chi connectivity index (χ0n) is 13.3. The van der Waals surface area contributed by atoms with Crippen LogP contribution in [0.2, 0.25) is 0 Å². The standard InChI is InChI=1S/C17H30N2O/c1-4-19(5-2)16(20)18-12(3)17-9-13-6-14(10-17)8-15(7-13)11-17/h12-15H,4-11H2,1-3H3,(H,18,20). The molecule has 3 heteroatoms. The molecule has 4 saturated carbocycles. The van der Waals surface area contributed by atoms with Gasteiger partial charge < -0.3 is 10.2 Å². The van der Waals surface area contributed by atoms with Gasteiger partial charge in [0.2, 0.25) is 0 Å². The molecule has 4 aliphatic carbocycles. The molecule has 0 saturated heterocycles. The van der Waals surface area contributed by atoms with Crippen molar-refractivity contribution in [3.8, 4) is 0 Å². The van der Waals surface area contributed by atoms with Crippen molar-refractivity contribution in [2.75, 3.05) is 13.1 Å². The number of carbonyl (C=O) groups excluding carboxylic acids is 1. The Kier molecular flexibility index (Phi) is 3.72. The van der Waals surface area contributed by atoms with Gasteiger partial charge in [-0.3, -0.25) is 0 Å². The minimum Gasteiger partial charge on any atom is -0.335 e. The third-order valence-corrected chi connectivity index (χ3v) is 6.39. The second-order valence-corrected chi connectivity index (χ2v) is 7.62. The van der Waals surface area contributed by atoms with Gasteiger partial charge in [-0.15, -0.1) is 0 Å². The van der Waals surface area contributed by atoms with Crippen LogP contribution >= 0.6 is 0 Å². The largest absolute Gasteiger partial charge is 0.335 e. The van der Waals surface area contributed by atoms with Crippen LogP contribution in [0.4, 0.5) is 4.79 Å². The van der Waals surface area contributed by atoms with E-state index < -0.39 is 0 Å². The molecule has 3 nitrogen and oxygen atoms in total. The van der Waals surface area contributed by atoms with E-state index in [2.05, 4.69) is 26.1 Å². The van der Waals surface area contributed by atoms with Gasteiger partial charge in [0.15, 0.2) is 0 Å². The second kappa shape index (κ2) is 5.23. The zero-order chi connectivity index (χ0) is 14.3. The molecule has 2 amide bonds. The Morgan fingerprint density at radius 2 is 1.55 bits per heavy atom. The van der Waals surface area contributed by atoms with Crippen LogP contribution in [-0.2, 0) is 0 Å². The molecule has 20 heavy (non-hydrogen) atoms. The van der Waals surface area contributed by atoms with Gasteiger partial charge >= 0.3 is 6.03 Å². The smallest absolute Gasteiger partial charge is 0.317 e. The Morgan fingerprint density at radius 1 is 1.10 bits per heavy atom. The fraction of sp³-hybridized carbons (Fsp3) is 0.941. The third kappa shape index (κ3) is 2.33. The Morgan fingerprint density at radius 3 is 1.95 bits per heavy atom. The lowest BCUT2D eigenvalue weighted by atomic mass is 9.48. The minimum atomic E-state index is 0.137. The van der Waals surface area contributed by atoms with Crippen molar-refractivity contribution in [1.82, 2.24) is 10.2 Å². The molecule has 1 atom stereocenters. The molecular formula is C17H30N2O. The second-order valence-electron chi connectivity index (χ2n) is 7.62. The van der Waals surface area contributed by atoms with Crippen molar-refractivity contribution < 1.29 is 4.79 Å². The third-order valence-electron chi connectivity index (χ3n) is 6.39. The van der Waals surface area contributed by atoms with E-state index in [1.54, 1.807) is 0 Å². The lowest BCUT2D eigenvalue weighted by Crippen LogP contribution is -2.57. The molecule has 1 N–H and O–H groups in total. The highest BCUT2D eigenvalue weighted by molar-refractivity contribution is 5.74. The van der Waals surface area contributed by atoms with Gasteiger partial charge in [0.1, 0.15) is 0 Å². The van der Waals surface area contributed by atoms with E-state index in [0.29, 0.717) is 11.5 Å². The van der Waals surface area contributed by atoms with Gasteiger partial charge in [0.05, 0.1) is 0 Å². The first-order valence-corrected chi connectivity index (χ1v) is 8.61. The summed E-state index contributed by atoms with van der Waals surface area (Å²) in [7, 11) is 0. The molecule has 4 rings (SSSR count). The van der Waals surface area contributed by atoms with Crippen LogP contribution in [0.1, 0.15) is 59.3 Å². The number of amides is 2. The first-order valence-electron chi connectivity index (χ1n) is 8.61. The number of carbonyl (C=O) groups is 1. The average Bonchev–Trinajstić information content (AvgIpc) is 2.38. The summed E-state index contributed by atoms with van der Waals surface area (Å²) in [6.07, 6.45) is 8.48. The predicted octanol–water partition coefficient (Wildman–Crippen LogP) is 3.64. The van der Waals surface area contributed by atoms with Crippen molar-refractivity contribution in [1.29, 1.82) is 0 Å². The Hall–Kier alpha value is -0.730. The number of hydrogen-bond acceptors (Lipinski definition) is 1. The monoisotopic (exact) mass is 278 g/mol. The Bertz CT molecular complexity index is 340. The summed E-state index contributed by atoms with van der Waals surface area (Å²) in [4.78, 5) is 14.2. The maximum Gasteiger partial charge on any atom is 0.317 e. The van der Waals surface area contributed by atoms with Gasteiger partial charge in [-0.05, 0) is 82.5 Å². The summed E-state index contributed by atoms with van der Waals surface area (Å²) in [5.41, 5.74) is 0.414. The lowest BCUT2D eigenvalue weighted by Gasteiger charge is -2.59. The zero-order valence-corrected chi connectivity index (χ0v) is 13.3. The molecule has 0 aromatic heterocycles. The first-order chi connectivity index (χ1) is 9.56. The molecule has 0 aromatic carbocycles. The van der Waals surface area contributed by atoms with Gasteiger partial charge in [-0.2, -0.15) is 0 Å². The van der Waals surface area contributed by atoms with Gasteiger partial charge in [-0.1, -0.05) is 0 Å². The van der Waals surface area contributed by atoms with E-state index in [9.17, 15) is 4.79 Å². The Balaban J connectivity index is 1.67. The summed E-state index contributed by atoms with van der Waals surface area (Å²) in [6, 6.07) is 0.474. The molecule has 4 fully saturated rings. The molecule has 1 unspecified atom stereocenters. The number of nitrogens with one attached hydrogen (secondary N) is 1. The Labute approximate surface area is 123 Å². The van der Waals surface area contributed by atoms with Crippen LogP contribution in [0.5, 0.6) is 0 Å². The summed E-state index contributed by atoms with van der Waals surface area (Å²) < 4.78 is 0. The van der Waals surface area contributed by atoms with Gasteiger partial charge in [-0.25, -0.2) is 4.79 Å². The highest BCUT2D eigenvalue weighted by atomic mass is 16.2. The van der Waals surface area contributed by atoms with Crippen LogP contribution in [0, 0.1) is 23.2 Å². The van der Waals surface area contributed by atoms with E-state index in [4.69, 9.17) is 0 Å². The lowest BCUT2D eigenvalue weighted by molar-refractivity contribution is -0.0687. The molecule has 0 aromatic rings. The summed E-state index contributed by atoms with van der Waals surface area (Å²) in [5, 5.41) is 3.33. The summed E-state index contributed by atoms with van der Waals surface area (Å²) >= 11 is 0. The van der Waals surface area contributed by atoms with Crippen molar-refractivity contribution in [3.05, 3.63) is 0 Å². The molecule has 0 radical (unpaired) electrons. The van der Waals surface area contributed by atoms with E-state index >= 15 is 0 Å². The predicted molar refractivity (Wildman–Crippen MR) is 81.5 cm³/mol. The van der Waals surface area contributed by atoms with Crippen LogP contribution in [0.15, 0.2) is 0 Å². The fourth-order valence-corrected chi connectivity index (χ4v) is 5.65. The van der Waals surface area contributed by atoms with Crippen molar-refractivity contribution in [3.63, 3.8) is 0 Å². The molecule has 4 bridgehead atoms. The van der Waals surface area contributed by atoms with Crippen LogP contribution < -0.4 is 5.32 Å². The van der Waals surface area contributed by atoms with E-state index in [1.807, 2.05) is 4.90 Å². The molecule has 0 aliphatic heterocycles. The molecule has 0 spiro atoms. The van der Waals surface area contributed by atoms with Crippen molar-refractivity contribution >= 4 is 6.03 Å². The quantitative estimate of drug-likeness (QED) is 0.836. The van der Waals surface area contributed by atoms with Crippen LogP contribution in [0.25, 0.3) is 0 Å². The highest BCUT2D eigenvalue weighted by Gasteiger charge is 2.53. The van der Waals surface area contributed by atoms with E-state index in [1.165, 1.54) is 38.5 Å². The highest BCUT2D eigenvalue weighted by Crippen LogP contribution is 2.61. The SMILES string of the molecule is CCN(CC)C(=O)NC(C)C12CC3CC(CC(C3)C1)C2. The van der Waals surface area contributed by atoms with Gasteiger partial charge in [0, 0.05) is 19.1 Å². The van der Waals surface area contributed by atoms with Gasteiger partial charge in [0.25, 0.3) is 0 Å². The molecule has 4 aliphatic rings. The number of hydrogen-bond donors (Lipinski definition) is 1. The van der Waals surface area contributed by atoms with Crippen molar-refractivity contribution in [2.45, 2.75) is 65.3 Å². The first kappa shape index (κ1) is 14.2. The van der Waals surface area contributed by atoms with Crippen LogP contribution in [-0.4, -0.2) is 30.1 Å². The number of rotatable bonds is 4. The number of urea groups is 1. The maximum atomic E-state index is 12.3. The maximum absolute atomic E-state index is 12.3. The normalized spacial score (nSPS) is 39.6. The minimum absolute atomic E-state index is 0.137. The number of nitrogens with zero attached hydrogens (tertiary/aromatic N) is 1. The fourth-order valence-electron chi connectivity index (χ4n) is 5.65. The van der Waals surface area contributed by atoms with Crippen molar-refractivity contribution in [2.24, 2.45) is 23.2 Å². The topological polar surface area (TPSA) is 32.3 Å². The summed E-state index contributed by atoms with van der Waals surface area (Å²) in [6.45, 7) is 7.97. The average molecular weight is 278 g/mol.